The van der Waals surface area contributed by atoms with Crippen LogP contribution in [0.15, 0.2) is 29.3 Å². The summed E-state index contributed by atoms with van der Waals surface area (Å²) in [6.45, 7) is 9.84. The van der Waals surface area contributed by atoms with Crippen LogP contribution in [0, 0.1) is 6.92 Å². The predicted molar refractivity (Wildman–Crippen MR) is 98.1 cm³/mol. The molecule has 0 aromatic heterocycles. The molecule has 132 valence electrons. The second-order valence-electron chi connectivity index (χ2n) is 6.19. The van der Waals surface area contributed by atoms with E-state index in [4.69, 9.17) is 0 Å². The Hall–Kier alpha value is -2.08. The van der Waals surface area contributed by atoms with Gasteiger partial charge in [0.2, 0.25) is 5.91 Å². The van der Waals surface area contributed by atoms with Gasteiger partial charge in [-0.1, -0.05) is 29.8 Å². The van der Waals surface area contributed by atoms with Crippen LogP contribution < -0.4 is 10.6 Å². The number of nitrogens with one attached hydrogen (secondary N) is 2. The Kier molecular flexibility index (Phi) is 7.06. The molecule has 1 aliphatic rings. The van der Waals surface area contributed by atoms with Gasteiger partial charge in [-0.2, -0.15) is 0 Å². The van der Waals surface area contributed by atoms with Gasteiger partial charge < -0.3 is 15.5 Å². The first-order chi connectivity index (χ1) is 11.6. The minimum atomic E-state index is 0.175. The minimum Gasteiger partial charge on any atom is -0.355 e. The quantitative estimate of drug-likeness (QED) is 0.620. The maximum Gasteiger partial charge on any atom is 0.219 e. The average molecular weight is 331 g/mol. The smallest absolute Gasteiger partial charge is 0.219 e. The van der Waals surface area contributed by atoms with E-state index in [2.05, 4.69) is 51.7 Å². The fourth-order valence-corrected chi connectivity index (χ4v) is 2.85. The van der Waals surface area contributed by atoms with Crippen molar-refractivity contribution in [3.8, 4) is 0 Å². The third kappa shape index (κ3) is 5.85. The zero-order valence-electron chi connectivity index (χ0n) is 15.0. The van der Waals surface area contributed by atoms with Crippen LogP contribution in [0.1, 0.15) is 18.1 Å². The SMILES string of the molecule is CN=C(NCCN1CCN(C(C)=O)CC1)NCc1cccc(C)c1. The number of aliphatic imine (C=N–C) groups is 1. The van der Waals surface area contributed by atoms with Crippen LogP contribution in [-0.4, -0.2) is 68.0 Å². The van der Waals surface area contributed by atoms with E-state index in [9.17, 15) is 4.79 Å². The Labute approximate surface area is 144 Å². The number of benzene rings is 1. The monoisotopic (exact) mass is 331 g/mol. The topological polar surface area (TPSA) is 60.0 Å². The maximum atomic E-state index is 11.3. The van der Waals surface area contributed by atoms with E-state index in [0.717, 1.165) is 51.8 Å². The first kappa shape index (κ1) is 18.3. The highest BCUT2D eigenvalue weighted by molar-refractivity contribution is 5.79. The maximum absolute atomic E-state index is 11.3. The van der Waals surface area contributed by atoms with E-state index in [0.29, 0.717) is 0 Å². The van der Waals surface area contributed by atoms with Crippen molar-refractivity contribution >= 4 is 11.9 Å². The van der Waals surface area contributed by atoms with Gasteiger partial charge in [-0.15, -0.1) is 0 Å². The number of piperazine rings is 1. The molecule has 2 rings (SSSR count). The van der Waals surface area contributed by atoms with Crippen LogP contribution in [0.2, 0.25) is 0 Å². The second-order valence-corrected chi connectivity index (χ2v) is 6.19. The molecule has 1 aliphatic heterocycles. The van der Waals surface area contributed by atoms with Crippen LogP contribution in [-0.2, 0) is 11.3 Å². The molecular weight excluding hydrogens is 302 g/mol. The van der Waals surface area contributed by atoms with Gasteiger partial charge in [0.25, 0.3) is 0 Å². The number of hydrogen-bond acceptors (Lipinski definition) is 3. The van der Waals surface area contributed by atoms with Crippen molar-refractivity contribution in [2.24, 2.45) is 4.99 Å². The van der Waals surface area contributed by atoms with Gasteiger partial charge in [-0.05, 0) is 12.5 Å². The van der Waals surface area contributed by atoms with Crippen LogP contribution in [0.25, 0.3) is 0 Å². The van der Waals surface area contributed by atoms with E-state index >= 15 is 0 Å². The lowest BCUT2D eigenvalue weighted by Gasteiger charge is -2.34. The zero-order chi connectivity index (χ0) is 17.4. The van der Waals surface area contributed by atoms with Gasteiger partial charge in [-0.3, -0.25) is 14.7 Å². The molecule has 1 aromatic rings. The lowest BCUT2D eigenvalue weighted by Crippen LogP contribution is -2.50. The number of hydrogen-bond donors (Lipinski definition) is 2. The van der Waals surface area contributed by atoms with Gasteiger partial charge >= 0.3 is 0 Å². The van der Waals surface area contributed by atoms with Crippen molar-refractivity contribution in [3.05, 3.63) is 35.4 Å². The molecule has 1 aromatic carbocycles. The van der Waals surface area contributed by atoms with E-state index in [1.54, 1.807) is 14.0 Å². The third-order valence-electron chi connectivity index (χ3n) is 4.30. The number of carbonyl (C=O) groups excluding carboxylic acids is 1. The predicted octanol–water partition coefficient (Wildman–Crippen LogP) is 0.824. The zero-order valence-corrected chi connectivity index (χ0v) is 15.0. The van der Waals surface area contributed by atoms with Gasteiger partial charge in [0.15, 0.2) is 5.96 Å². The van der Waals surface area contributed by atoms with Crippen LogP contribution in [0.4, 0.5) is 0 Å². The molecule has 6 heteroatoms. The highest BCUT2D eigenvalue weighted by Crippen LogP contribution is 2.03. The molecule has 1 heterocycles. The molecule has 0 atom stereocenters. The summed E-state index contributed by atoms with van der Waals surface area (Å²) < 4.78 is 0. The van der Waals surface area contributed by atoms with Crippen molar-refractivity contribution in [1.82, 2.24) is 20.4 Å². The average Bonchev–Trinajstić information content (AvgIpc) is 2.58. The summed E-state index contributed by atoms with van der Waals surface area (Å²) in [5.74, 6) is 0.993. The van der Waals surface area contributed by atoms with Gasteiger partial charge in [-0.25, -0.2) is 0 Å². The molecular formula is C18H29N5O. The number of guanidine groups is 1. The summed E-state index contributed by atoms with van der Waals surface area (Å²) in [4.78, 5) is 19.9. The molecule has 0 saturated carbocycles. The molecule has 0 spiro atoms. The Bertz CT molecular complexity index is 564. The highest BCUT2D eigenvalue weighted by Gasteiger charge is 2.17. The largest absolute Gasteiger partial charge is 0.355 e. The van der Waals surface area contributed by atoms with Gasteiger partial charge in [0, 0.05) is 59.8 Å². The number of rotatable bonds is 5. The molecule has 1 fully saturated rings. The highest BCUT2D eigenvalue weighted by atomic mass is 16.2. The van der Waals surface area contributed by atoms with Crippen LogP contribution in [0.5, 0.6) is 0 Å². The van der Waals surface area contributed by atoms with Gasteiger partial charge in [0.1, 0.15) is 0 Å². The second kappa shape index (κ2) is 9.27. The van der Waals surface area contributed by atoms with E-state index in [-0.39, 0.29) is 5.91 Å². The Morgan fingerprint density at radius 3 is 2.58 bits per heavy atom. The van der Waals surface area contributed by atoms with Crippen molar-refractivity contribution < 1.29 is 4.79 Å². The first-order valence-corrected chi connectivity index (χ1v) is 8.56. The molecule has 0 unspecified atom stereocenters. The normalized spacial score (nSPS) is 16.1. The molecule has 0 aliphatic carbocycles. The number of amides is 1. The summed E-state index contributed by atoms with van der Waals surface area (Å²) in [7, 11) is 1.79. The molecule has 2 N–H and O–H groups in total. The van der Waals surface area contributed by atoms with E-state index < -0.39 is 0 Å². The van der Waals surface area contributed by atoms with E-state index in [1.165, 1.54) is 11.1 Å². The Morgan fingerprint density at radius 1 is 1.21 bits per heavy atom. The van der Waals surface area contributed by atoms with Crippen molar-refractivity contribution in [2.45, 2.75) is 20.4 Å². The fraction of sp³-hybridized carbons (Fsp3) is 0.556. The van der Waals surface area contributed by atoms with E-state index in [1.807, 2.05) is 4.90 Å². The molecule has 6 nitrogen and oxygen atoms in total. The van der Waals surface area contributed by atoms with Crippen molar-refractivity contribution in [1.29, 1.82) is 0 Å². The minimum absolute atomic E-state index is 0.175. The van der Waals surface area contributed by atoms with Crippen molar-refractivity contribution in [2.75, 3.05) is 46.3 Å². The standard InChI is InChI=1S/C18H29N5O/c1-15-5-4-6-17(13-15)14-21-18(19-3)20-7-8-22-9-11-23(12-10-22)16(2)24/h4-6,13H,7-12,14H2,1-3H3,(H2,19,20,21). The molecule has 1 amide bonds. The molecule has 0 bridgehead atoms. The lowest BCUT2D eigenvalue weighted by molar-refractivity contribution is -0.130. The molecule has 0 radical (unpaired) electrons. The molecule has 1 saturated heterocycles. The summed E-state index contributed by atoms with van der Waals surface area (Å²) in [5.41, 5.74) is 2.51. The summed E-state index contributed by atoms with van der Waals surface area (Å²) in [5, 5.41) is 6.69. The number of aryl methyl sites for hydroxylation is 1. The summed E-state index contributed by atoms with van der Waals surface area (Å²) in [6, 6.07) is 8.46. The summed E-state index contributed by atoms with van der Waals surface area (Å²) >= 11 is 0. The Balaban J connectivity index is 1.66. The van der Waals surface area contributed by atoms with Crippen LogP contribution >= 0.6 is 0 Å². The number of carbonyl (C=O) groups is 1. The fourth-order valence-electron chi connectivity index (χ4n) is 2.85. The summed E-state index contributed by atoms with van der Waals surface area (Å²) in [6.07, 6.45) is 0. The first-order valence-electron chi connectivity index (χ1n) is 8.56. The number of nitrogens with zero attached hydrogens (tertiary/aromatic N) is 3. The van der Waals surface area contributed by atoms with Gasteiger partial charge in [0.05, 0.1) is 0 Å². The third-order valence-corrected chi connectivity index (χ3v) is 4.30. The molecule has 24 heavy (non-hydrogen) atoms. The lowest BCUT2D eigenvalue weighted by atomic mass is 10.1. The van der Waals surface area contributed by atoms with Crippen molar-refractivity contribution in [3.63, 3.8) is 0 Å². The Morgan fingerprint density at radius 2 is 1.96 bits per heavy atom. The van der Waals surface area contributed by atoms with Crippen LogP contribution in [0.3, 0.4) is 0 Å².